The Morgan fingerprint density at radius 2 is 2.08 bits per heavy atom. The van der Waals surface area contributed by atoms with Gasteiger partial charge < -0.3 is 20.3 Å². The Morgan fingerprint density at radius 3 is 2.72 bits per heavy atom. The molecule has 1 fully saturated rings. The summed E-state index contributed by atoms with van der Waals surface area (Å²) in [6.07, 6.45) is 3.81. The van der Waals surface area contributed by atoms with E-state index in [9.17, 15) is 9.59 Å². The van der Waals surface area contributed by atoms with Gasteiger partial charge in [0, 0.05) is 36.9 Å². The Morgan fingerprint density at radius 1 is 1.36 bits per heavy atom. The number of carbonyl (C=O) groups excluding carboxylic acids is 2. The van der Waals surface area contributed by atoms with Crippen LogP contribution in [0, 0.1) is 0 Å². The van der Waals surface area contributed by atoms with E-state index in [1.807, 2.05) is 0 Å². The molecule has 0 bridgehead atoms. The zero-order valence-electron chi connectivity index (χ0n) is 15.2. The standard InChI is InChI=1S/C18H28N4O3/c1-4-13(3)20-16-12-14(6-9-19-16)17(23)21-15-7-10-22(11-8-15)18(24)25-5-2/h6,9,12-13,15H,4-5,7-8,10-11H2,1-3H3,(H,19,20)(H,21,23). The Balaban J connectivity index is 1.86. The number of piperidine rings is 1. The van der Waals surface area contributed by atoms with Crippen LogP contribution in [0.15, 0.2) is 18.3 Å². The number of nitrogens with zero attached hydrogens (tertiary/aromatic N) is 2. The predicted molar refractivity (Wildman–Crippen MR) is 96.7 cm³/mol. The van der Waals surface area contributed by atoms with Crippen LogP contribution < -0.4 is 10.6 Å². The highest BCUT2D eigenvalue weighted by Gasteiger charge is 2.24. The van der Waals surface area contributed by atoms with E-state index < -0.39 is 0 Å². The summed E-state index contributed by atoms with van der Waals surface area (Å²) < 4.78 is 5.01. The summed E-state index contributed by atoms with van der Waals surface area (Å²) in [6.45, 7) is 7.54. The minimum Gasteiger partial charge on any atom is -0.450 e. The van der Waals surface area contributed by atoms with Gasteiger partial charge in [-0.25, -0.2) is 9.78 Å². The van der Waals surface area contributed by atoms with Crippen LogP contribution in [0.2, 0.25) is 0 Å². The maximum absolute atomic E-state index is 12.5. The summed E-state index contributed by atoms with van der Waals surface area (Å²) >= 11 is 0. The van der Waals surface area contributed by atoms with Crippen molar-refractivity contribution in [1.29, 1.82) is 0 Å². The third-order valence-corrected chi connectivity index (χ3v) is 4.38. The van der Waals surface area contributed by atoms with Crippen LogP contribution in [-0.2, 0) is 4.74 Å². The van der Waals surface area contributed by atoms with Gasteiger partial charge in [0.25, 0.3) is 5.91 Å². The van der Waals surface area contributed by atoms with Gasteiger partial charge in [0.2, 0.25) is 0 Å². The lowest BCUT2D eigenvalue weighted by molar-refractivity contribution is 0.0860. The number of anilines is 1. The van der Waals surface area contributed by atoms with Crippen LogP contribution >= 0.6 is 0 Å². The fraction of sp³-hybridized carbons (Fsp3) is 0.611. The number of pyridine rings is 1. The molecule has 1 aromatic heterocycles. The first-order valence-corrected chi connectivity index (χ1v) is 8.98. The van der Waals surface area contributed by atoms with E-state index in [2.05, 4.69) is 29.5 Å². The molecular weight excluding hydrogens is 320 g/mol. The lowest BCUT2D eigenvalue weighted by atomic mass is 10.0. The van der Waals surface area contributed by atoms with E-state index in [4.69, 9.17) is 4.74 Å². The van der Waals surface area contributed by atoms with Crippen LogP contribution in [0.5, 0.6) is 0 Å². The Hall–Kier alpha value is -2.31. The highest BCUT2D eigenvalue weighted by molar-refractivity contribution is 5.95. The van der Waals surface area contributed by atoms with Crippen molar-refractivity contribution in [3.05, 3.63) is 23.9 Å². The van der Waals surface area contributed by atoms with E-state index in [-0.39, 0.29) is 18.0 Å². The van der Waals surface area contributed by atoms with Crippen LogP contribution in [0.25, 0.3) is 0 Å². The fourth-order valence-electron chi connectivity index (χ4n) is 2.70. The molecule has 1 atom stereocenters. The van der Waals surface area contributed by atoms with Crippen LogP contribution in [0.1, 0.15) is 50.4 Å². The number of likely N-dealkylation sites (tertiary alicyclic amines) is 1. The van der Waals surface area contributed by atoms with Crippen molar-refractivity contribution in [2.45, 2.75) is 52.1 Å². The van der Waals surface area contributed by atoms with Gasteiger partial charge in [-0.1, -0.05) is 6.92 Å². The number of amides is 2. The first-order valence-electron chi connectivity index (χ1n) is 8.98. The largest absolute Gasteiger partial charge is 0.450 e. The van der Waals surface area contributed by atoms with Gasteiger partial charge in [0.15, 0.2) is 0 Å². The van der Waals surface area contributed by atoms with E-state index in [0.717, 1.165) is 19.3 Å². The van der Waals surface area contributed by atoms with Crippen molar-refractivity contribution >= 4 is 17.8 Å². The molecule has 0 aliphatic carbocycles. The molecule has 0 spiro atoms. The van der Waals surface area contributed by atoms with Gasteiger partial charge in [0.1, 0.15) is 5.82 Å². The van der Waals surface area contributed by atoms with Gasteiger partial charge >= 0.3 is 6.09 Å². The number of ether oxygens (including phenoxy) is 1. The highest BCUT2D eigenvalue weighted by atomic mass is 16.6. The normalized spacial score (nSPS) is 16.2. The fourth-order valence-corrected chi connectivity index (χ4v) is 2.70. The molecule has 2 amide bonds. The smallest absolute Gasteiger partial charge is 0.409 e. The first kappa shape index (κ1) is 19.0. The molecule has 1 aliphatic heterocycles. The summed E-state index contributed by atoms with van der Waals surface area (Å²) in [6, 6.07) is 3.86. The number of aromatic nitrogens is 1. The second-order valence-corrected chi connectivity index (χ2v) is 6.32. The molecule has 1 aliphatic rings. The molecule has 138 valence electrons. The first-order chi connectivity index (χ1) is 12.0. The molecule has 1 saturated heterocycles. The van der Waals surface area contributed by atoms with Crippen LogP contribution in [-0.4, -0.2) is 53.7 Å². The Kier molecular flexibility index (Phi) is 7.03. The minimum atomic E-state index is -0.276. The summed E-state index contributed by atoms with van der Waals surface area (Å²) in [5.74, 6) is 0.600. The summed E-state index contributed by atoms with van der Waals surface area (Å²) in [7, 11) is 0. The molecule has 7 nitrogen and oxygen atoms in total. The molecule has 7 heteroatoms. The van der Waals surface area contributed by atoms with Crippen molar-refractivity contribution in [3.63, 3.8) is 0 Å². The average Bonchev–Trinajstić information content (AvgIpc) is 2.62. The molecule has 0 aromatic carbocycles. The quantitative estimate of drug-likeness (QED) is 0.826. The molecule has 25 heavy (non-hydrogen) atoms. The second kappa shape index (κ2) is 9.25. The number of nitrogens with one attached hydrogen (secondary N) is 2. The summed E-state index contributed by atoms with van der Waals surface area (Å²) in [4.78, 5) is 30.1. The predicted octanol–water partition coefficient (Wildman–Crippen LogP) is 2.64. The molecule has 1 aromatic rings. The molecular formula is C18H28N4O3. The SMILES string of the molecule is CCOC(=O)N1CCC(NC(=O)c2ccnc(NC(C)CC)c2)CC1. The van der Waals surface area contributed by atoms with Crippen molar-refractivity contribution in [2.75, 3.05) is 25.0 Å². The number of hydrogen-bond acceptors (Lipinski definition) is 5. The Bertz CT molecular complexity index is 585. The van der Waals surface area contributed by atoms with Crippen molar-refractivity contribution in [3.8, 4) is 0 Å². The van der Waals surface area contributed by atoms with E-state index in [1.165, 1.54) is 0 Å². The monoisotopic (exact) mass is 348 g/mol. The third-order valence-electron chi connectivity index (χ3n) is 4.38. The minimum absolute atomic E-state index is 0.0670. The van der Waals surface area contributed by atoms with Crippen molar-refractivity contribution < 1.29 is 14.3 Å². The zero-order chi connectivity index (χ0) is 18.2. The van der Waals surface area contributed by atoms with Gasteiger partial charge in [-0.15, -0.1) is 0 Å². The average molecular weight is 348 g/mol. The second-order valence-electron chi connectivity index (χ2n) is 6.32. The van der Waals surface area contributed by atoms with Gasteiger partial charge in [-0.05, 0) is 45.2 Å². The van der Waals surface area contributed by atoms with Crippen LogP contribution in [0.3, 0.4) is 0 Å². The number of carbonyl (C=O) groups is 2. The topological polar surface area (TPSA) is 83.6 Å². The molecule has 2 N–H and O–H groups in total. The summed E-state index contributed by atoms with van der Waals surface area (Å²) in [5.41, 5.74) is 0.591. The summed E-state index contributed by atoms with van der Waals surface area (Å²) in [5, 5.41) is 6.32. The van der Waals surface area contributed by atoms with Gasteiger partial charge in [0.05, 0.1) is 6.61 Å². The molecule has 0 radical (unpaired) electrons. The van der Waals surface area contributed by atoms with E-state index in [0.29, 0.717) is 37.1 Å². The molecule has 2 heterocycles. The van der Waals surface area contributed by atoms with Crippen molar-refractivity contribution in [2.24, 2.45) is 0 Å². The van der Waals surface area contributed by atoms with Crippen molar-refractivity contribution in [1.82, 2.24) is 15.2 Å². The number of rotatable bonds is 6. The van der Waals surface area contributed by atoms with Gasteiger partial charge in [-0.3, -0.25) is 4.79 Å². The Labute approximate surface area is 149 Å². The zero-order valence-corrected chi connectivity index (χ0v) is 15.2. The maximum atomic E-state index is 12.5. The maximum Gasteiger partial charge on any atom is 0.409 e. The molecule has 0 saturated carbocycles. The lowest BCUT2D eigenvalue weighted by Crippen LogP contribution is -2.46. The number of hydrogen-bond donors (Lipinski definition) is 2. The molecule has 1 unspecified atom stereocenters. The van der Waals surface area contributed by atoms with Crippen LogP contribution in [0.4, 0.5) is 10.6 Å². The highest BCUT2D eigenvalue weighted by Crippen LogP contribution is 2.14. The van der Waals surface area contributed by atoms with Gasteiger partial charge in [-0.2, -0.15) is 0 Å². The van der Waals surface area contributed by atoms with E-state index >= 15 is 0 Å². The lowest BCUT2D eigenvalue weighted by Gasteiger charge is -2.31. The molecule has 2 rings (SSSR count). The van der Waals surface area contributed by atoms with E-state index in [1.54, 1.807) is 30.2 Å². The third kappa shape index (κ3) is 5.62.